The highest BCUT2D eigenvalue weighted by atomic mass is 16.5. The third-order valence-electron chi connectivity index (χ3n) is 2.51. The number of hydrogen-bond donors (Lipinski definition) is 1. The summed E-state index contributed by atoms with van der Waals surface area (Å²) < 4.78 is 5.45. The molecule has 0 atom stereocenters. The average Bonchev–Trinajstić information content (AvgIpc) is 2.27. The molecule has 0 spiro atoms. The van der Waals surface area contributed by atoms with Gasteiger partial charge < -0.3 is 9.84 Å². The fraction of sp³-hybridized carbons (Fsp3) is 0.462. The van der Waals surface area contributed by atoms with Crippen LogP contribution in [-0.2, 0) is 11.2 Å². The Labute approximate surface area is 96.1 Å². The zero-order valence-electron chi connectivity index (χ0n) is 9.99. The molecule has 0 aliphatic heterocycles. The van der Waals surface area contributed by atoms with E-state index >= 15 is 0 Å². The van der Waals surface area contributed by atoms with Gasteiger partial charge in [-0.05, 0) is 38.0 Å². The molecule has 3 heteroatoms. The normalized spacial score (nSPS) is 11.2. The van der Waals surface area contributed by atoms with Crippen molar-refractivity contribution in [1.29, 1.82) is 0 Å². The lowest BCUT2D eigenvalue weighted by Gasteiger charge is -2.19. The van der Waals surface area contributed by atoms with E-state index in [0.717, 1.165) is 6.42 Å². The molecular weight excluding hydrogens is 204 g/mol. The van der Waals surface area contributed by atoms with Gasteiger partial charge in [-0.25, -0.2) is 0 Å². The van der Waals surface area contributed by atoms with E-state index in [1.165, 1.54) is 5.56 Å². The van der Waals surface area contributed by atoms with Gasteiger partial charge in [-0.3, -0.25) is 4.79 Å². The summed E-state index contributed by atoms with van der Waals surface area (Å²) in [6, 6.07) is 7.72. The molecule has 0 saturated carbocycles. The van der Waals surface area contributed by atoms with Crippen molar-refractivity contribution in [2.24, 2.45) is 5.41 Å². The number of carboxylic acids is 1. The number of aryl methyl sites for hydroxylation is 1. The van der Waals surface area contributed by atoms with Crippen molar-refractivity contribution in [3.63, 3.8) is 0 Å². The van der Waals surface area contributed by atoms with Gasteiger partial charge in [-0.2, -0.15) is 0 Å². The lowest BCUT2D eigenvalue weighted by molar-refractivity contribution is -0.148. The van der Waals surface area contributed by atoms with Gasteiger partial charge >= 0.3 is 5.97 Å². The van der Waals surface area contributed by atoms with E-state index in [2.05, 4.69) is 6.92 Å². The molecule has 0 bridgehead atoms. The molecule has 1 aromatic rings. The summed E-state index contributed by atoms with van der Waals surface area (Å²) in [5.74, 6) is -0.135. The van der Waals surface area contributed by atoms with E-state index < -0.39 is 11.4 Å². The SMILES string of the molecule is CCc1ccc(OCC(C)(C)C(=O)O)cc1. The number of carboxylic acid groups (broad SMARTS) is 1. The Bertz CT molecular complexity index is 352. The highest BCUT2D eigenvalue weighted by Gasteiger charge is 2.28. The molecule has 1 aromatic carbocycles. The van der Waals surface area contributed by atoms with Crippen molar-refractivity contribution < 1.29 is 14.6 Å². The molecule has 3 nitrogen and oxygen atoms in total. The molecule has 0 radical (unpaired) electrons. The van der Waals surface area contributed by atoms with E-state index in [1.54, 1.807) is 13.8 Å². The smallest absolute Gasteiger partial charge is 0.312 e. The molecule has 0 aliphatic carbocycles. The molecule has 0 unspecified atom stereocenters. The third kappa shape index (κ3) is 3.26. The third-order valence-corrected chi connectivity index (χ3v) is 2.51. The van der Waals surface area contributed by atoms with Crippen LogP contribution in [-0.4, -0.2) is 17.7 Å². The summed E-state index contributed by atoms with van der Waals surface area (Å²) in [7, 11) is 0. The van der Waals surface area contributed by atoms with Crippen LogP contribution in [0.4, 0.5) is 0 Å². The maximum absolute atomic E-state index is 10.9. The van der Waals surface area contributed by atoms with Gasteiger partial charge in [0.1, 0.15) is 12.4 Å². The summed E-state index contributed by atoms with van der Waals surface area (Å²) in [6.07, 6.45) is 0.987. The Kier molecular flexibility index (Phi) is 3.93. The van der Waals surface area contributed by atoms with Gasteiger partial charge in [0.25, 0.3) is 0 Å². The highest BCUT2D eigenvalue weighted by Crippen LogP contribution is 2.19. The van der Waals surface area contributed by atoms with E-state index in [0.29, 0.717) is 5.75 Å². The molecule has 16 heavy (non-hydrogen) atoms. The van der Waals surface area contributed by atoms with E-state index in [1.807, 2.05) is 24.3 Å². The second-order valence-corrected chi connectivity index (χ2v) is 4.48. The molecule has 0 saturated heterocycles. The molecule has 0 fully saturated rings. The van der Waals surface area contributed by atoms with Gasteiger partial charge in [0.15, 0.2) is 0 Å². The van der Waals surface area contributed by atoms with Crippen molar-refractivity contribution >= 4 is 5.97 Å². The lowest BCUT2D eigenvalue weighted by atomic mass is 9.95. The molecule has 1 N–H and O–H groups in total. The highest BCUT2D eigenvalue weighted by molar-refractivity contribution is 5.73. The molecule has 0 aliphatic rings. The monoisotopic (exact) mass is 222 g/mol. The quantitative estimate of drug-likeness (QED) is 0.833. The number of benzene rings is 1. The first-order chi connectivity index (χ1) is 7.45. The topological polar surface area (TPSA) is 46.5 Å². The molecular formula is C13H18O3. The van der Waals surface area contributed by atoms with Crippen LogP contribution < -0.4 is 4.74 Å². The molecule has 0 aromatic heterocycles. The molecule has 88 valence electrons. The van der Waals surface area contributed by atoms with Gasteiger partial charge in [0.2, 0.25) is 0 Å². The van der Waals surface area contributed by atoms with Gasteiger partial charge in [0.05, 0.1) is 5.41 Å². The first-order valence-corrected chi connectivity index (χ1v) is 5.41. The van der Waals surface area contributed by atoms with Crippen LogP contribution in [0.3, 0.4) is 0 Å². The van der Waals surface area contributed by atoms with Crippen molar-refractivity contribution in [2.75, 3.05) is 6.61 Å². The van der Waals surface area contributed by atoms with Crippen molar-refractivity contribution in [2.45, 2.75) is 27.2 Å². The van der Waals surface area contributed by atoms with Crippen molar-refractivity contribution in [3.05, 3.63) is 29.8 Å². The predicted octanol–water partition coefficient (Wildman–Crippen LogP) is 2.74. The molecule has 0 amide bonds. The van der Waals surface area contributed by atoms with Gasteiger partial charge in [-0.1, -0.05) is 19.1 Å². The van der Waals surface area contributed by atoms with Gasteiger partial charge in [0, 0.05) is 0 Å². The maximum atomic E-state index is 10.9. The Morgan fingerprint density at radius 1 is 1.31 bits per heavy atom. The first kappa shape index (κ1) is 12.6. The van der Waals surface area contributed by atoms with Gasteiger partial charge in [-0.15, -0.1) is 0 Å². The number of aliphatic carboxylic acids is 1. The number of ether oxygens (including phenoxy) is 1. The summed E-state index contributed by atoms with van der Waals surface area (Å²) in [4.78, 5) is 10.9. The second-order valence-electron chi connectivity index (χ2n) is 4.48. The maximum Gasteiger partial charge on any atom is 0.312 e. The van der Waals surface area contributed by atoms with E-state index in [9.17, 15) is 4.79 Å². The summed E-state index contributed by atoms with van der Waals surface area (Å²) in [5, 5.41) is 8.92. The van der Waals surface area contributed by atoms with E-state index in [4.69, 9.17) is 9.84 Å². The average molecular weight is 222 g/mol. The van der Waals surface area contributed by atoms with Crippen LogP contribution >= 0.6 is 0 Å². The Morgan fingerprint density at radius 2 is 1.88 bits per heavy atom. The van der Waals surface area contributed by atoms with Crippen molar-refractivity contribution in [3.8, 4) is 5.75 Å². The number of rotatable bonds is 5. The number of carbonyl (C=O) groups is 1. The fourth-order valence-electron chi connectivity index (χ4n) is 1.15. The lowest BCUT2D eigenvalue weighted by Crippen LogP contribution is -2.30. The summed E-state index contributed by atoms with van der Waals surface area (Å²) >= 11 is 0. The zero-order chi connectivity index (χ0) is 12.2. The largest absolute Gasteiger partial charge is 0.492 e. The summed E-state index contributed by atoms with van der Waals surface area (Å²) in [5.41, 5.74) is 0.383. The Morgan fingerprint density at radius 3 is 2.31 bits per heavy atom. The van der Waals surface area contributed by atoms with E-state index in [-0.39, 0.29) is 6.61 Å². The zero-order valence-corrected chi connectivity index (χ0v) is 9.99. The number of hydrogen-bond acceptors (Lipinski definition) is 2. The van der Waals surface area contributed by atoms with Crippen LogP contribution in [0, 0.1) is 5.41 Å². The summed E-state index contributed by atoms with van der Waals surface area (Å²) in [6.45, 7) is 5.56. The van der Waals surface area contributed by atoms with Crippen molar-refractivity contribution in [1.82, 2.24) is 0 Å². The minimum Gasteiger partial charge on any atom is -0.492 e. The second kappa shape index (κ2) is 5.01. The molecule has 0 heterocycles. The Hall–Kier alpha value is -1.51. The fourth-order valence-corrected chi connectivity index (χ4v) is 1.15. The van der Waals surface area contributed by atoms with Crippen LogP contribution in [0.15, 0.2) is 24.3 Å². The van der Waals surface area contributed by atoms with Crippen LogP contribution in [0.5, 0.6) is 5.75 Å². The minimum atomic E-state index is -0.858. The standard InChI is InChI=1S/C13H18O3/c1-4-10-5-7-11(8-6-10)16-9-13(2,3)12(14)15/h5-8H,4,9H2,1-3H3,(H,14,15). The van der Waals surface area contributed by atoms with Crippen LogP contribution in [0.25, 0.3) is 0 Å². The van der Waals surface area contributed by atoms with Crippen LogP contribution in [0.1, 0.15) is 26.3 Å². The first-order valence-electron chi connectivity index (χ1n) is 5.41. The van der Waals surface area contributed by atoms with Crippen LogP contribution in [0.2, 0.25) is 0 Å². The predicted molar refractivity (Wildman–Crippen MR) is 62.7 cm³/mol. The molecule has 1 rings (SSSR count). The Balaban J connectivity index is 2.58. The minimum absolute atomic E-state index is 0.174.